The smallest absolute Gasteiger partial charge is 0.417 e. The van der Waals surface area contributed by atoms with Crippen LogP contribution >= 0.6 is 11.6 Å². The number of alkyl carbamates (subject to hydrolysis) is 1. The number of ether oxygens (including phenoxy) is 1. The van der Waals surface area contributed by atoms with Gasteiger partial charge in [0.05, 0.1) is 10.6 Å². The number of halogens is 4. The van der Waals surface area contributed by atoms with Crippen LogP contribution in [-0.2, 0) is 10.9 Å². The minimum absolute atomic E-state index is 0.0527. The number of aromatic nitrogens is 1. The van der Waals surface area contributed by atoms with E-state index >= 15 is 0 Å². The van der Waals surface area contributed by atoms with E-state index in [1.807, 2.05) is 0 Å². The number of hydrogen-bond acceptors (Lipinski definition) is 3. The minimum Gasteiger partial charge on any atom is -0.444 e. The van der Waals surface area contributed by atoms with E-state index in [1.54, 1.807) is 20.8 Å². The Morgan fingerprint density at radius 2 is 2.04 bits per heavy atom. The van der Waals surface area contributed by atoms with Crippen molar-refractivity contribution in [3.63, 3.8) is 0 Å². The molecule has 0 saturated carbocycles. The van der Waals surface area contributed by atoms with Crippen molar-refractivity contribution in [3.8, 4) is 11.8 Å². The van der Waals surface area contributed by atoms with Crippen molar-refractivity contribution in [2.24, 2.45) is 0 Å². The summed E-state index contributed by atoms with van der Waals surface area (Å²) in [6, 6.07) is 0.775. The molecule has 1 rings (SSSR count). The summed E-state index contributed by atoms with van der Waals surface area (Å²) < 4.78 is 42.4. The molecular formula is C15H16ClF3N2O2. The van der Waals surface area contributed by atoms with Crippen LogP contribution in [0.25, 0.3) is 0 Å². The van der Waals surface area contributed by atoms with Gasteiger partial charge in [0.1, 0.15) is 11.3 Å². The van der Waals surface area contributed by atoms with Gasteiger partial charge in [-0.15, -0.1) is 0 Å². The van der Waals surface area contributed by atoms with Gasteiger partial charge < -0.3 is 10.1 Å². The lowest BCUT2D eigenvalue weighted by Crippen LogP contribution is -2.32. The van der Waals surface area contributed by atoms with Crippen LogP contribution in [0.5, 0.6) is 0 Å². The average molecular weight is 349 g/mol. The maximum Gasteiger partial charge on any atom is 0.417 e. The Labute approximate surface area is 137 Å². The van der Waals surface area contributed by atoms with Crippen molar-refractivity contribution in [2.75, 3.05) is 6.54 Å². The maximum atomic E-state index is 12.5. The van der Waals surface area contributed by atoms with Crippen LogP contribution < -0.4 is 5.32 Å². The van der Waals surface area contributed by atoms with Crippen molar-refractivity contribution < 1.29 is 22.7 Å². The van der Waals surface area contributed by atoms with E-state index in [2.05, 4.69) is 22.1 Å². The van der Waals surface area contributed by atoms with Crippen LogP contribution in [0.2, 0.25) is 5.02 Å². The molecule has 23 heavy (non-hydrogen) atoms. The first-order chi connectivity index (χ1) is 10.5. The molecule has 0 aliphatic carbocycles. The van der Waals surface area contributed by atoms with E-state index in [9.17, 15) is 18.0 Å². The zero-order valence-corrected chi connectivity index (χ0v) is 13.6. The van der Waals surface area contributed by atoms with E-state index in [4.69, 9.17) is 16.3 Å². The van der Waals surface area contributed by atoms with Gasteiger partial charge in [0, 0.05) is 19.2 Å². The normalized spacial score (nSPS) is 11.4. The van der Waals surface area contributed by atoms with Crippen molar-refractivity contribution in [3.05, 3.63) is 28.5 Å². The van der Waals surface area contributed by atoms with Crippen molar-refractivity contribution >= 4 is 17.7 Å². The van der Waals surface area contributed by atoms with Gasteiger partial charge in [-0.1, -0.05) is 17.5 Å². The monoisotopic (exact) mass is 348 g/mol. The maximum absolute atomic E-state index is 12.5. The molecule has 1 amide bonds. The molecule has 0 bridgehead atoms. The highest BCUT2D eigenvalue weighted by Crippen LogP contribution is 2.30. The fourth-order valence-corrected chi connectivity index (χ4v) is 1.59. The molecular weight excluding hydrogens is 333 g/mol. The number of hydrogen-bond donors (Lipinski definition) is 1. The molecule has 0 spiro atoms. The molecule has 0 aromatic carbocycles. The Morgan fingerprint density at radius 1 is 1.39 bits per heavy atom. The molecule has 8 heteroatoms. The summed E-state index contributed by atoms with van der Waals surface area (Å²) in [5.74, 6) is 5.23. The van der Waals surface area contributed by atoms with Crippen molar-refractivity contribution in [1.29, 1.82) is 0 Å². The number of carbonyl (C=O) groups is 1. The molecule has 0 fully saturated rings. The van der Waals surface area contributed by atoms with E-state index in [-0.39, 0.29) is 23.7 Å². The second kappa shape index (κ2) is 7.55. The summed E-state index contributed by atoms with van der Waals surface area (Å²) in [4.78, 5) is 14.9. The Kier molecular flexibility index (Phi) is 6.28. The second-order valence-corrected chi connectivity index (χ2v) is 5.94. The number of alkyl halides is 3. The third-order valence-electron chi connectivity index (χ3n) is 2.29. The number of rotatable bonds is 2. The summed E-state index contributed by atoms with van der Waals surface area (Å²) in [6.45, 7) is 5.46. The third-order valence-corrected chi connectivity index (χ3v) is 2.58. The molecule has 4 nitrogen and oxygen atoms in total. The molecule has 0 radical (unpaired) electrons. The van der Waals surface area contributed by atoms with Crippen LogP contribution in [0.3, 0.4) is 0 Å². The lowest BCUT2D eigenvalue weighted by atomic mass is 10.2. The van der Waals surface area contributed by atoms with E-state index in [1.165, 1.54) is 0 Å². The molecule has 1 aromatic heterocycles. The third kappa shape index (κ3) is 7.24. The average Bonchev–Trinajstić information content (AvgIpc) is 2.36. The van der Waals surface area contributed by atoms with Gasteiger partial charge in [0.15, 0.2) is 0 Å². The lowest BCUT2D eigenvalue weighted by molar-refractivity contribution is -0.137. The number of nitrogens with zero attached hydrogens (tertiary/aromatic N) is 1. The highest BCUT2D eigenvalue weighted by atomic mass is 35.5. The number of nitrogens with one attached hydrogen (secondary N) is 1. The van der Waals surface area contributed by atoms with Crippen LogP contribution in [0.4, 0.5) is 18.0 Å². The first kappa shape index (κ1) is 19.1. The van der Waals surface area contributed by atoms with Gasteiger partial charge in [-0.05, 0) is 32.8 Å². The summed E-state index contributed by atoms with van der Waals surface area (Å²) in [7, 11) is 0. The van der Waals surface area contributed by atoms with Gasteiger partial charge in [0.2, 0.25) is 0 Å². The van der Waals surface area contributed by atoms with Crippen molar-refractivity contribution in [2.45, 2.75) is 39.0 Å². The first-order valence-electron chi connectivity index (χ1n) is 6.67. The predicted octanol–water partition coefficient (Wildman–Crippen LogP) is 4.02. The Hall–Kier alpha value is -1.94. The summed E-state index contributed by atoms with van der Waals surface area (Å²) >= 11 is 5.72. The molecule has 0 aliphatic rings. The summed E-state index contributed by atoms with van der Waals surface area (Å²) in [6.07, 6.45) is -4.11. The zero-order chi connectivity index (χ0) is 17.7. The molecule has 1 aromatic rings. The quantitative estimate of drug-likeness (QED) is 0.648. The Balaban J connectivity index is 2.53. The number of pyridine rings is 1. The molecule has 0 aliphatic heterocycles. The van der Waals surface area contributed by atoms with Crippen LogP contribution in [-0.4, -0.2) is 23.2 Å². The van der Waals surface area contributed by atoms with Gasteiger partial charge in [-0.25, -0.2) is 9.78 Å². The fourth-order valence-electron chi connectivity index (χ4n) is 1.37. The van der Waals surface area contributed by atoms with Gasteiger partial charge in [-0.2, -0.15) is 13.2 Å². The largest absolute Gasteiger partial charge is 0.444 e. The predicted molar refractivity (Wildman–Crippen MR) is 80.0 cm³/mol. The number of amides is 1. The van der Waals surface area contributed by atoms with Gasteiger partial charge >= 0.3 is 12.3 Å². The van der Waals surface area contributed by atoms with Crippen LogP contribution in [0, 0.1) is 11.8 Å². The summed E-state index contributed by atoms with van der Waals surface area (Å²) in [5, 5.41) is 2.33. The minimum atomic E-state index is -4.50. The molecule has 1 N–H and O–H groups in total. The molecule has 0 saturated heterocycles. The highest BCUT2D eigenvalue weighted by Gasteiger charge is 2.31. The molecule has 1 heterocycles. The van der Waals surface area contributed by atoms with E-state index in [0.717, 1.165) is 6.07 Å². The van der Waals surface area contributed by atoms with E-state index < -0.39 is 23.4 Å². The van der Waals surface area contributed by atoms with Crippen LogP contribution in [0.15, 0.2) is 12.3 Å². The SMILES string of the molecule is CC(C)(C)OC(=O)NCCC#Cc1ncc(C(F)(F)F)cc1Cl. The second-order valence-electron chi connectivity index (χ2n) is 5.53. The highest BCUT2D eigenvalue weighted by molar-refractivity contribution is 6.31. The van der Waals surface area contributed by atoms with Crippen LogP contribution in [0.1, 0.15) is 38.4 Å². The molecule has 0 atom stereocenters. The summed E-state index contributed by atoms with van der Waals surface area (Å²) in [5.41, 5.74) is -1.47. The Morgan fingerprint density at radius 3 is 2.57 bits per heavy atom. The number of carbonyl (C=O) groups excluding carboxylic acids is 1. The molecule has 0 unspecified atom stereocenters. The Bertz CT molecular complexity index is 628. The van der Waals surface area contributed by atoms with E-state index in [0.29, 0.717) is 6.20 Å². The first-order valence-corrected chi connectivity index (χ1v) is 7.05. The van der Waals surface area contributed by atoms with Crippen molar-refractivity contribution in [1.82, 2.24) is 10.3 Å². The van der Waals surface area contributed by atoms with Gasteiger partial charge in [-0.3, -0.25) is 0 Å². The fraction of sp³-hybridized carbons (Fsp3) is 0.467. The standard InChI is InChI=1S/C15H16ClF3N2O2/c1-14(2,3)23-13(22)20-7-5-4-6-12-11(16)8-10(9-21-12)15(17,18)19/h8-9H,5,7H2,1-3H3,(H,20,22). The molecule has 126 valence electrons. The zero-order valence-electron chi connectivity index (χ0n) is 12.8. The topological polar surface area (TPSA) is 51.2 Å². The lowest BCUT2D eigenvalue weighted by Gasteiger charge is -2.19. The van der Waals surface area contributed by atoms with Gasteiger partial charge in [0.25, 0.3) is 0 Å².